The Balaban J connectivity index is 1.86. The van der Waals surface area contributed by atoms with Crippen LogP contribution < -0.4 is 10.1 Å². The maximum atomic E-state index is 12.4. The molecule has 0 saturated heterocycles. The van der Waals surface area contributed by atoms with Crippen molar-refractivity contribution in [3.05, 3.63) is 69.8 Å². The average Bonchev–Trinajstić information content (AvgIpc) is 2.87. The molecule has 1 aliphatic rings. The Morgan fingerprint density at radius 3 is 2.74 bits per heavy atom. The number of hydrogen-bond donors (Lipinski definition) is 1. The van der Waals surface area contributed by atoms with Gasteiger partial charge in [0.1, 0.15) is 11.6 Å². The van der Waals surface area contributed by atoms with Crippen LogP contribution in [0.25, 0.3) is 5.69 Å². The molecule has 5 nitrogen and oxygen atoms in total. The van der Waals surface area contributed by atoms with Gasteiger partial charge >= 0.3 is 0 Å². The van der Waals surface area contributed by atoms with E-state index in [1.807, 2.05) is 43.3 Å². The van der Waals surface area contributed by atoms with Gasteiger partial charge in [0.15, 0.2) is 0 Å². The van der Waals surface area contributed by atoms with Crippen molar-refractivity contribution in [3.63, 3.8) is 0 Å². The molecule has 1 N–H and O–H groups in total. The third kappa shape index (κ3) is 3.49. The summed E-state index contributed by atoms with van der Waals surface area (Å²) in [4.78, 5) is 12.4. The number of ether oxygens (including phenoxy) is 1. The number of benzene rings is 2. The largest absolute Gasteiger partial charge is 0.497 e. The maximum absolute atomic E-state index is 12.4. The number of hydrogen-bond acceptors (Lipinski definition) is 4. The highest BCUT2D eigenvalue weighted by atomic mass is 79.9. The van der Waals surface area contributed by atoms with E-state index in [-0.39, 0.29) is 11.2 Å². The summed E-state index contributed by atoms with van der Waals surface area (Å²) in [5.41, 5.74) is 3.96. The summed E-state index contributed by atoms with van der Waals surface area (Å²) < 4.78 is 8.06. The van der Waals surface area contributed by atoms with Crippen LogP contribution in [0, 0.1) is 6.92 Å². The molecule has 27 heavy (non-hydrogen) atoms. The number of halogens is 1. The van der Waals surface area contributed by atoms with Crippen LogP contribution in [-0.4, -0.2) is 28.6 Å². The number of aryl methyl sites for hydroxylation is 1. The number of carbonyl (C=O) groups excluding carboxylic acids is 1. The van der Waals surface area contributed by atoms with Gasteiger partial charge in [-0.05, 0) is 48.9 Å². The Labute approximate surface area is 170 Å². The van der Waals surface area contributed by atoms with Crippen LogP contribution in [0.3, 0.4) is 0 Å². The van der Waals surface area contributed by atoms with Crippen LogP contribution in [0.2, 0.25) is 0 Å². The number of aromatic nitrogens is 2. The van der Waals surface area contributed by atoms with Crippen LogP contribution in [0.5, 0.6) is 5.75 Å². The second-order valence-electron chi connectivity index (χ2n) is 6.25. The lowest BCUT2D eigenvalue weighted by molar-refractivity contribution is -0.113. The molecular weight excluding hydrogens is 426 g/mol. The molecule has 1 aromatic heterocycles. The molecule has 0 radical (unpaired) electrons. The predicted octanol–water partition coefficient (Wildman–Crippen LogP) is 4.73. The lowest BCUT2D eigenvalue weighted by atomic mass is 10.0. The smallest absolute Gasteiger partial charge is 0.235 e. The third-order valence-corrected chi connectivity index (χ3v) is 6.24. The van der Waals surface area contributed by atoms with E-state index in [2.05, 4.69) is 33.4 Å². The number of thioether (sulfide) groups is 1. The molecule has 1 aliphatic heterocycles. The van der Waals surface area contributed by atoms with E-state index in [9.17, 15) is 4.79 Å². The monoisotopic (exact) mass is 443 g/mol. The van der Waals surface area contributed by atoms with Gasteiger partial charge in [-0.2, -0.15) is 5.10 Å². The number of carbonyl (C=O) groups is 1. The molecule has 0 unspecified atom stereocenters. The Hall–Kier alpha value is -2.25. The average molecular weight is 444 g/mol. The second kappa shape index (κ2) is 7.40. The van der Waals surface area contributed by atoms with E-state index in [4.69, 9.17) is 9.84 Å². The number of methoxy groups -OCH3 is 1. The van der Waals surface area contributed by atoms with Crippen molar-refractivity contribution in [1.82, 2.24) is 9.78 Å². The summed E-state index contributed by atoms with van der Waals surface area (Å²) in [5, 5.41) is 7.81. The number of nitrogens with one attached hydrogen (secondary N) is 1. The van der Waals surface area contributed by atoms with Gasteiger partial charge in [0.25, 0.3) is 0 Å². The molecule has 1 atom stereocenters. The molecular formula is C20H18BrN3O2S. The van der Waals surface area contributed by atoms with Crippen molar-refractivity contribution in [2.24, 2.45) is 0 Å². The van der Waals surface area contributed by atoms with Gasteiger partial charge in [0.2, 0.25) is 5.91 Å². The van der Waals surface area contributed by atoms with Crippen molar-refractivity contribution >= 4 is 39.4 Å². The topological polar surface area (TPSA) is 56.1 Å². The first-order valence-corrected chi connectivity index (χ1v) is 10.3. The normalized spacial score (nSPS) is 16.4. The minimum atomic E-state index is -0.0200. The van der Waals surface area contributed by atoms with Gasteiger partial charge in [0.05, 0.1) is 29.5 Å². The van der Waals surface area contributed by atoms with E-state index in [1.54, 1.807) is 23.6 Å². The Morgan fingerprint density at radius 1 is 1.26 bits per heavy atom. The van der Waals surface area contributed by atoms with Crippen molar-refractivity contribution in [2.75, 3.05) is 18.2 Å². The number of amides is 1. The summed E-state index contributed by atoms with van der Waals surface area (Å²) in [6.07, 6.45) is 0. The number of anilines is 1. The van der Waals surface area contributed by atoms with Gasteiger partial charge in [-0.3, -0.25) is 4.79 Å². The minimum absolute atomic E-state index is 0.0200. The van der Waals surface area contributed by atoms with E-state index < -0.39 is 0 Å². The van der Waals surface area contributed by atoms with Gasteiger partial charge in [-0.1, -0.05) is 28.1 Å². The zero-order valence-electron chi connectivity index (χ0n) is 14.9. The summed E-state index contributed by atoms with van der Waals surface area (Å²) >= 11 is 5.17. The zero-order valence-corrected chi connectivity index (χ0v) is 17.3. The van der Waals surface area contributed by atoms with Gasteiger partial charge in [0, 0.05) is 10.0 Å². The Kier molecular flexibility index (Phi) is 4.97. The first kappa shape index (κ1) is 18.1. The fraction of sp³-hybridized carbons (Fsp3) is 0.200. The molecule has 0 saturated carbocycles. The molecule has 7 heteroatoms. The van der Waals surface area contributed by atoms with E-state index >= 15 is 0 Å². The highest BCUT2D eigenvalue weighted by molar-refractivity contribution is 9.10. The molecule has 0 bridgehead atoms. The molecule has 3 aromatic rings. The predicted molar refractivity (Wildman–Crippen MR) is 112 cm³/mol. The lowest BCUT2D eigenvalue weighted by Crippen LogP contribution is -2.15. The molecule has 0 fully saturated rings. The Bertz CT molecular complexity index is 1000. The molecule has 0 spiro atoms. The summed E-state index contributed by atoms with van der Waals surface area (Å²) in [6.45, 7) is 1.99. The highest BCUT2D eigenvalue weighted by Gasteiger charge is 2.30. The van der Waals surface area contributed by atoms with Gasteiger partial charge in [-0.15, -0.1) is 11.8 Å². The van der Waals surface area contributed by atoms with E-state index in [0.717, 1.165) is 38.5 Å². The van der Waals surface area contributed by atoms with Gasteiger partial charge in [-0.25, -0.2) is 4.68 Å². The summed E-state index contributed by atoms with van der Waals surface area (Å²) in [5.74, 6) is 1.89. The van der Waals surface area contributed by atoms with E-state index in [1.165, 1.54) is 0 Å². The quantitative estimate of drug-likeness (QED) is 0.635. The van der Waals surface area contributed by atoms with Crippen LogP contribution in [0.1, 0.15) is 22.1 Å². The number of rotatable bonds is 3. The number of fused-ring (bicyclic) bond motifs is 1. The van der Waals surface area contributed by atoms with Crippen LogP contribution in [-0.2, 0) is 4.79 Å². The first-order valence-electron chi connectivity index (χ1n) is 8.47. The minimum Gasteiger partial charge on any atom is -0.497 e. The SMILES string of the molecule is COc1ccc(-n2nc(C)c3c2NC(=O)CS[C@@H]3c2cccc(Br)c2)cc1. The van der Waals surface area contributed by atoms with Crippen molar-refractivity contribution < 1.29 is 9.53 Å². The summed E-state index contributed by atoms with van der Waals surface area (Å²) in [6, 6.07) is 15.8. The van der Waals surface area contributed by atoms with Gasteiger partial charge < -0.3 is 10.1 Å². The molecule has 138 valence electrons. The fourth-order valence-corrected chi connectivity index (χ4v) is 4.82. The molecule has 1 amide bonds. The highest BCUT2D eigenvalue weighted by Crippen LogP contribution is 2.44. The Morgan fingerprint density at radius 2 is 2.04 bits per heavy atom. The molecule has 2 aromatic carbocycles. The van der Waals surface area contributed by atoms with Crippen LogP contribution in [0.4, 0.5) is 5.82 Å². The molecule has 2 heterocycles. The van der Waals surface area contributed by atoms with Crippen LogP contribution >= 0.6 is 27.7 Å². The number of nitrogens with zero attached hydrogens (tertiary/aromatic N) is 2. The van der Waals surface area contributed by atoms with Crippen molar-refractivity contribution in [2.45, 2.75) is 12.2 Å². The molecule has 0 aliphatic carbocycles. The molecule has 4 rings (SSSR count). The van der Waals surface area contributed by atoms with Crippen molar-refractivity contribution in [3.8, 4) is 11.4 Å². The zero-order chi connectivity index (χ0) is 19.0. The second-order valence-corrected chi connectivity index (χ2v) is 8.26. The van der Waals surface area contributed by atoms with E-state index in [0.29, 0.717) is 5.75 Å². The standard InChI is InChI=1S/C20H18BrN3O2S/c1-12-18-19(13-4-3-5-14(21)10-13)27-11-17(25)22-20(18)24(23-12)15-6-8-16(26-2)9-7-15/h3-10,19H,11H2,1-2H3,(H,22,25)/t19-/m1/s1. The summed E-state index contributed by atoms with van der Waals surface area (Å²) in [7, 11) is 1.64. The third-order valence-electron chi connectivity index (χ3n) is 4.48. The first-order chi connectivity index (χ1) is 13.1. The van der Waals surface area contributed by atoms with Crippen LogP contribution in [0.15, 0.2) is 53.0 Å². The fourth-order valence-electron chi connectivity index (χ4n) is 3.23. The van der Waals surface area contributed by atoms with Crippen molar-refractivity contribution in [1.29, 1.82) is 0 Å². The lowest BCUT2D eigenvalue weighted by Gasteiger charge is -2.15. The maximum Gasteiger partial charge on any atom is 0.235 e.